The van der Waals surface area contributed by atoms with Crippen LogP contribution in [0.5, 0.6) is 5.75 Å². The average molecular weight is 307 g/mol. The molecule has 0 aliphatic carbocycles. The molecular weight excluding hydrogens is 293 g/mol. The van der Waals surface area contributed by atoms with Gasteiger partial charge in [-0.05, 0) is 35.4 Å². The first kappa shape index (κ1) is 14.9. The molecule has 0 spiro atoms. The van der Waals surface area contributed by atoms with Crippen molar-refractivity contribution in [2.24, 2.45) is 0 Å². The number of ether oxygens (including phenoxy) is 1. The van der Waals surface area contributed by atoms with Crippen LogP contribution in [-0.4, -0.2) is 11.3 Å². The Morgan fingerprint density at radius 3 is 2.61 bits per heavy atom. The maximum atomic E-state index is 13.4. The summed E-state index contributed by atoms with van der Waals surface area (Å²) in [6.07, 6.45) is 3.38. The predicted octanol–water partition coefficient (Wildman–Crippen LogP) is 4.28. The molecular formula is C19H14FNO2. The molecule has 23 heavy (non-hydrogen) atoms. The largest absolute Gasteiger partial charge is 0.489 e. The van der Waals surface area contributed by atoms with Crippen molar-refractivity contribution in [1.82, 2.24) is 4.98 Å². The van der Waals surface area contributed by atoms with Gasteiger partial charge < -0.3 is 4.74 Å². The fourth-order valence-electron chi connectivity index (χ4n) is 2.28. The van der Waals surface area contributed by atoms with E-state index in [1.54, 1.807) is 18.2 Å². The van der Waals surface area contributed by atoms with E-state index in [9.17, 15) is 9.18 Å². The molecule has 3 nitrogen and oxygen atoms in total. The van der Waals surface area contributed by atoms with Crippen molar-refractivity contribution in [2.75, 3.05) is 0 Å². The number of pyridine rings is 1. The highest BCUT2D eigenvalue weighted by molar-refractivity contribution is 5.88. The van der Waals surface area contributed by atoms with Gasteiger partial charge in [0.2, 0.25) is 0 Å². The fourth-order valence-corrected chi connectivity index (χ4v) is 2.28. The van der Waals surface area contributed by atoms with E-state index in [0.717, 1.165) is 18.0 Å². The third-order valence-electron chi connectivity index (χ3n) is 3.42. The Morgan fingerprint density at radius 1 is 1.04 bits per heavy atom. The third kappa shape index (κ3) is 3.61. The lowest BCUT2D eigenvalue weighted by atomic mass is 10.0. The van der Waals surface area contributed by atoms with Gasteiger partial charge >= 0.3 is 0 Å². The number of hydrogen-bond donors (Lipinski definition) is 0. The molecule has 1 heterocycles. The van der Waals surface area contributed by atoms with Crippen molar-refractivity contribution in [2.45, 2.75) is 6.61 Å². The lowest BCUT2D eigenvalue weighted by Crippen LogP contribution is -1.97. The number of halogens is 1. The van der Waals surface area contributed by atoms with E-state index >= 15 is 0 Å². The molecule has 1 aromatic heterocycles. The van der Waals surface area contributed by atoms with E-state index in [4.69, 9.17) is 4.74 Å². The Kier molecular flexibility index (Phi) is 4.43. The Balaban J connectivity index is 1.88. The second-order valence-corrected chi connectivity index (χ2v) is 5.03. The van der Waals surface area contributed by atoms with Gasteiger partial charge in [-0.15, -0.1) is 0 Å². The van der Waals surface area contributed by atoms with Gasteiger partial charge in [0.25, 0.3) is 0 Å². The molecule has 0 N–H and O–H groups in total. The molecule has 0 aliphatic heterocycles. The summed E-state index contributed by atoms with van der Waals surface area (Å²) in [6, 6.07) is 16.2. The van der Waals surface area contributed by atoms with Gasteiger partial charge in [0.05, 0.1) is 6.20 Å². The van der Waals surface area contributed by atoms with E-state index in [0.29, 0.717) is 29.0 Å². The van der Waals surface area contributed by atoms with Crippen LogP contribution in [-0.2, 0) is 6.61 Å². The summed E-state index contributed by atoms with van der Waals surface area (Å²) < 4.78 is 19.1. The minimum Gasteiger partial charge on any atom is -0.489 e. The Hall–Kier alpha value is -3.01. The minimum absolute atomic E-state index is 0.419. The van der Waals surface area contributed by atoms with Gasteiger partial charge in [0.1, 0.15) is 18.2 Å². The molecule has 2 aromatic carbocycles. The molecule has 0 saturated carbocycles. The van der Waals surface area contributed by atoms with Crippen LogP contribution < -0.4 is 4.74 Å². The zero-order chi connectivity index (χ0) is 16.1. The molecule has 0 amide bonds. The first-order valence-electron chi connectivity index (χ1n) is 7.13. The summed E-state index contributed by atoms with van der Waals surface area (Å²) in [5.74, 6) is 0.161. The van der Waals surface area contributed by atoms with Gasteiger partial charge in [0.15, 0.2) is 6.29 Å². The number of carbonyl (C=O) groups excluding carboxylic acids is 1. The summed E-state index contributed by atoms with van der Waals surface area (Å²) in [5.41, 5.74) is 2.64. The highest BCUT2D eigenvalue weighted by Gasteiger charge is 2.08. The number of aldehydes is 1. The first-order valence-corrected chi connectivity index (χ1v) is 7.13. The van der Waals surface area contributed by atoms with Crippen LogP contribution in [0.4, 0.5) is 4.39 Å². The van der Waals surface area contributed by atoms with Gasteiger partial charge in [-0.25, -0.2) is 4.39 Å². The van der Waals surface area contributed by atoms with Crippen LogP contribution in [0.3, 0.4) is 0 Å². The van der Waals surface area contributed by atoms with Gasteiger partial charge in [-0.2, -0.15) is 0 Å². The van der Waals surface area contributed by atoms with E-state index < -0.39 is 5.82 Å². The molecule has 0 radical (unpaired) electrons. The lowest BCUT2D eigenvalue weighted by molar-refractivity contribution is 0.112. The second-order valence-electron chi connectivity index (χ2n) is 5.03. The Labute approximate surface area is 133 Å². The summed E-state index contributed by atoms with van der Waals surface area (Å²) in [4.78, 5) is 15.0. The zero-order valence-corrected chi connectivity index (χ0v) is 12.3. The molecule has 114 valence electrons. The normalized spacial score (nSPS) is 10.3. The van der Waals surface area contributed by atoms with Crippen LogP contribution >= 0.6 is 0 Å². The topological polar surface area (TPSA) is 39.2 Å². The minimum atomic E-state index is -0.449. The van der Waals surface area contributed by atoms with Crippen LogP contribution in [0.1, 0.15) is 15.9 Å². The van der Waals surface area contributed by atoms with Crippen molar-refractivity contribution >= 4 is 6.29 Å². The van der Waals surface area contributed by atoms with E-state index in [-0.39, 0.29) is 0 Å². The van der Waals surface area contributed by atoms with Crippen molar-refractivity contribution < 1.29 is 13.9 Å². The van der Waals surface area contributed by atoms with E-state index in [1.165, 1.54) is 12.3 Å². The smallest absolute Gasteiger partial charge is 0.150 e. The Bertz CT molecular complexity index is 819. The SMILES string of the molecule is O=Cc1ccc(OCc2ccccc2)cc1-c1cncc(F)c1. The zero-order valence-electron chi connectivity index (χ0n) is 12.3. The quantitative estimate of drug-likeness (QED) is 0.660. The van der Waals surface area contributed by atoms with Crippen molar-refractivity contribution in [3.63, 3.8) is 0 Å². The van der Waals surface area contributed by atoms with E-state index in [1.807, 2.05) is 30.3 Å². The maximum absolute atomic E-state index is 13.4. The lowest BCUT2D eigenvalue weighted by Gasteiger charge is -2.10. The predicted molar refractivity (Wildman–Crippen MR) is 85.8 cm³/mol. The number of hydrogen-bond acceptors (Lipinski definition) is 3. The van der Waals surface area contributed by atoms with Gasteiger partial charge in [0, 0.05) is 17.3 Å². The highest BCUT2D eigenvalue weighted by Crippen LogP contribution is 2.27. The van der Waals surface area contributed by atoms with Crippen molar-refractivity contribution in [1.29, 1.82) is 0 Å². The fraction of sp³-hybridized carbons (Fsp3) is 0.0526. The molecule has 3 aromatic rings. The first-order chi connectivity index (χ1) is 11.3. The number of benzene rings is 2. The van der Waals surface area contributed by atoms with E-state index in [2.05, 4.69) is 4.98 Å². The highest BCUT2D eigenvalue weighted by atomic mass is 19.1. The van der Waals surface area contributed by atoms with Crippen LogP contribution in [0.2, 0.25) is 0 Å². The molecule has 0 unspecified atom stereocenters. The summed E-state index contributed by atoms with van der Waals surface area (Å²) in [6.45, 7) is 0.419. The number of nitrogens with zero attached hydrogens (tertiary/aromatic N) is 1. The van der Waals surface area contributed by atoms with Crippen LogP contribution in [0.25, 0.3) is 11.1 Å². The molecule has 0 bridgehead atoms. The summed E-state index contributed by atoms with van der Waals surface area (Å²) in [5, 5.41) is 0. The molecule has 0 saturated heterocycles. The van der Waals surface area contributed by atoms with Crippen molar-refractivity contribution in [3.05, 3.63) is 83.9 Å². The van der Waals surface area contributed by atoms with Crippen LogP contribution in [0, 0.1) is 5.82 Å². The number of aromatic nitrogens is 1. The summed E-state index contributed by atoms with van der Waals surface area (Å²) >= 11 is 0. The van der Waals surface area contributed by atoms with Gasteiger partial charge in [-0.1, -0.05) is 30.3 Å². The maximum Gasteiger partial charge on any atom is 0.150 e. The third-order valence-corrected chi connectivity index (χ3v) is 3.42. The number of carbonyl (C=O) groups is 1. The average Bonchev–Trinajstić information content (AvgIpc) is 2.60. The Morgan fingerprint density at radius 2 is 1.87 bits per heavy atom. The monoisotopic (exact) mass is 307 g/mol. The van der Waals surface area contributed by atoms with Gasteiger partial charge in [-0.3, -0.25) is 9.78 Å². The molecule has 0 atom stereocenters. The summed E-state index contributed by atoms with van der Waals surface area (Å²) in [7, 11) is 0. The molecule has 3 rings (SSSR count). The molecule has 0 fully saturated rings. The van der Waals surface area contributed by atoms with Crippen LogP contribution in [0.15, 0.2) is 67.0 Å². The molecule has 0 aliphatic rings. The molecule has 4 heteroatoms. The van der Waals surface area contributed by atoms with Crippen molar-refractivity contribution in [3.8, 4) is 16.9 Å². The standard InChI is InChI=1S/C19H14FNO2/c20-17-8-16(10-21-11-17)19-9-18(7-6-15(19)12-22)23-13-14-4-2-1-3-5-14/h1-12H,13H2. The second kappa shape index (κ2) is 6.83. The number of rotatable bonds is 5.